The minimum absolute atomic E-state index is 0.0401. The summed E-state index contributed by atoms with van der Waals surface area (Å²) in [7, 11) is 0. The van der Waals surface area contributed by atoms with Crippen molar-refractivity contribution in [1.82, 2.24) is 0 Å². The first-order chi connectivity index (χ1) is 8.27. The van der Waals surface area contributed by atoms with Crippen molar-refractivity contribution in [2.45, 2.75) is 32.5 Å². The molecule has 92 valence electrons. The Kier molecular flexibility index (Phi) is 4.15. The second-order valence-corrected chi connectivity index (χ2v) is 4.43. The van der Waals surface area contributed by atoms with E-state index >= 15 is 0 Å². The van der Waals surface area contributed by atoms with Crippen LogP contribution in [0.5, 0.6) is 0 Å². The van der Waals surface area contributed by atoms with E-state index in [9.17, 15) is 4.79 Å². The van der Waals surface area contributed by atoms with Gasteiger partial charge in [0.25, 0.3) is 0 Å². The fourth-order valence-corrected chi connectivity index (χ4v) is 2.01. The number of carbonyl (C=O) groups is 1. The molecule has 2 rings (SSSR count). The van der Waals surface area contributed by atoms with Gasteiger partial charge in [0.1, 0.15) is 6.61 Å². The lowest BCUT2D eigenvalue weighted by atomic mass is 10.0. The Labute approximate surface area is 102 Å². The van der Waals surface area contributed by atoms with Crippen molar-refractivity contribution in [3.63, 3.8) is 0 Å². The van der Waals surface area contributed by atoms with Gasteiger partial charge in [0.2, 0.25) is 0 Å². The molecule has 3 heteroatoms. The van der Waals surface area contributed by atoms with Crippen LogP contribution < -0.4 is 0 Å². The quantitative estimate of drug-likeness (QED) is 0.751. The van der Waals surface area contributed by atoms with Gasteiger partial charge in [-0.3, -0.25) is 4.79 Å². The van der Waals surface area contributed by atoms with Crippen LogP contribution in [0, 0.1) is 5.92 Å². The summed E-state index contributed by atoms with van der Waals surface area (Å²) in [6.07, 6.45) is 2.04. The molecule has 17 heavy (non-hydrogen) atoms. The van der Waals surface area contributed by atoms with Crippen LogP contribution in [0.25, 0.3) is 0 Å². The van der Waals surface area contributed by atoms with Crippen molar-refractivity contribution >= 4 is 5.97 Å². The molecule has 1 aromatic carbocycles. The fourth-order valence-electron chi connectivity index (χ4n) is 2.01. The first-order valence-electron chi connectivity index (χ1n) is 6.09. The Bertz CT molecular complexity index is 355. The summed E-state index contributed by atoms with van der Waals surface area (Å²) in [5.41, 5.74) is 1.01. The Balaban J connectivity index is 1.80. The van der Waals surface area contributed by atoms with E-state index in [0.717, 1.165) is 25.0 Å². The van der Waals surface area contributed by atoms with Crippen LogP contribution in [0.4, 0.5) is 0 Å². The van der Waals surface area contributed by atoms with E-state index in [-0.39, 0.29) is 18.0 Å². The van der Waals surface area contributed by atoms with Gasteiger partial charge >= 0.3 is 5.97 Å². The van der Waals surface area contributed by atoms with E-state index in [1.807, 2.05) is 37.3 Å². The Morgan fingerprint density at radius 3 is 2.88 bits per heavy atom. The standard InChI is InChI=1S/C14H18O3/c1-11(13-8-5-9-16-13)14(15)17-10-12-6-3-2-4-7-12/h2-4,6-7,11,13H,5,8-10H2,1H3. The molecule has 0 saturated carbocycles. The number of hydrogen-bond donors (Lipinski definition) is 0. The van der Waals surface area contributed by atoms with Crippen molar-refractivity contribution in [1.29, 1.82) is 0 Å². The van der Waals surface area contributed by atoms with Crippen LogP contribution in [-0.2, 0) is 20.9 Å². The molecule has 0 amide bonds. The van der Waals surface area contributed by atoms with E-state index in [0.29, 0.717) is 6.61 Å². The average Bonchev–Trinajstić information content (AvgIpc) is 2.90. The van der Waals surface area contributed by atoms with Crippen molar-refractivity contribution in [2.24, 2.45) is 5.92 Å². The Morgan fingerprint density at radius 1 is 1.47 bits per heavy atom. The van der Waals surface area contributed by atoms with Crippen LogP contribution in [0.2, 0.25) is 0 Å². The van der Waals surface area contributed by atoms with Gasteiger partial charge < -0.3 is 9.47 Å². The monoisotopic (exact) mass is 234 g/mol. The molecule has 1 fully saturated rings. The zero-order valence-corrected chi connectivity index (χ0v) is 10.1. The minimum Gasteiger partial charge on any atom is -0.461 e. The first-order valence-corrected chi connectivity index (χ1v) is 6.09. The molecule has 2 atom stereocenters. The summed E-state index contributed by atoms with van der Waals surface area (Å²) in [5, 5.41) is 0. The molecular formula is C14H18O3. The van der Waals surface area contributed by atoms with Gasteiger partial charge in [-0.1, -0.05) is 30.3 Å². The molecule has 2 unspecified atom stereocenters. The average molecular weight is 234 g/mol. The summed E-state index contributed by atoms with van der Waals surface area (Å²) in [5.74, 6) is -0.332. The van der Waals surface area contributed by atoms with Crippen molar-refractivity contribution < 1.29 is 14.3 Å². The van der Waals surface area contributed by atoms with Crippen LogP contribution in [0.1, 0.15) is 25.3 Å². The maximum Gasteiger partial charge on any atom is 0.311 e. The maximum absolute atomic E-state index is 11.8. The third kappa shape index (κ3) is 3.30. The van der Waals surface area contributed by atoms with Gasteiger partial charge in [-0.15, -0.1) is 0 Å². The predicted octanol–water partition coefficient (Wildman–Crippen LogP) is 2.54. The highest BCUT2D eigenvalue weighted by Crippen LogP contribution is 2.21. The lowest BCUT2D eigenvalue weighted by Gasteiger charge is -2.17. The number of esters is 1. The largest absolute Gasteiger partial charge is 0.461 e. The third-order valence-corrected chi connectivity index (χ3v) is 3.12. The van der Waals surface area contributed by atoms with E-state index < -0.39 is 0 Å². The molecule has 1 heterocycles. The molecule has 0 bridgehead atoms. The van der Waals surface area contributed by atoms with Crippen LogP contribution in [0.15, 0.2) is 30.3 Å². The molecule has 0 N–H and O–H groups in total. The summed E-state index contributed by atoms with van der Waals surface area (Å²) in [6, 6.07) is 9.72. The molecule has 3 nitrogen and oxygen atoms in total. The summed E-state index contributed by atoms with van der Waals surface area (Å²) in [6.45, 7) is 2.99. The number of rotatable bonds is 4. The fraction of sp³-hybridized carbons (Fsp3) is 0.500. The normalized spacial score (nSPS) is 21.1. The van der Waals surface area contributed by atoms with Crippen molar-refractivity contribution in [3.8, 4) is 0 Å². The van der Waals surface area contributed by atoms with Gasteiger partial charge in [0, 0.05) is 6.61 Å². The number of benzene rings is 1. The van der Waals surface area contributed by atoms with E-state index in [4.69, 9.17) is 9.47 Å². The Hall–Kier alpha value is -1.35. The highest BCUT2D eigenvalue weighted by Gasteiger charge is 2.28. The highest BCUT2D eigenvalue weighted by atomic mass is 16.5. The maximum atomic E-state index is 11.8. The molecular weight excluding hydrogens is 216 g/mol. The summed E-state index contributed by atoms with van der Waals surface area (Å²) >= 11 is 0. The zero-order chi connectivity index (χ0) is 12.1. The predicted molar refractivity (Wildman–Crippen MR) is 64.4 cm³/mol. The van der Waals surface area contributed by atoms with Gasteiger partial charge in [-0.25, -0.2) is 0 Å². The van der Waals surface area contributed by atoms with Gasteiger partial charge in [0.05, 0.1) is 12.0 Å². The number of carbonyl (C=O) groups excluding carboxylic acids is 1. The summed E-state index contributed by atoms with van der Waals surface area (Å²) in [4.78, 5) is 11.8. The molecule has 0 spiro atoms. The molecule has 0 aromatic heterocycles. The van der Waals surface area contributed by atoms with Gasteiger partial charge in [-0.2, -0.15) is 0 Å². The van der Waals surface area contributed by atoms with E-state index in [1.165, 1.54) is 0 Å². The zero-order valence-electron chi connectivity index (χ0n) is 10.1. The van der Waals surface area contributed by atoms with Gasteiger partial charge in [0.15, 0.2) is 0 Å². The van der Waals surface area contributed by atoms with Gasteiger partial charge in [-0.05, 0) is 25.3 Å². The number of ether oxygens (including phenoxy) is 2. The van der Waals surface area contributed by atoms with E-state index in [2.05, 4.69) is 0 Å². The minimum atomic E-state index is -0.166. The third-order valence-electron chi connectivity index (χ3n) is 3.12. The lowest BCUT2D eigenvalue weighted by Crippen LogP contribution is -2.26. The molecule has 0 aliphatic carbocycles. The lowest BCUT2D eigenvalue weighted by molar-refractivity contribution is -0.153. The second-order valence-electron chi connectivity index (χ2n) is 4.43. The van der Waals surface area contributed by atoms with Crippen LogP contribution in [0.3, 0.4) is 0 Å². The first kappa shape index (κ1) is 12.1. The molecule has 0 radical (unpaired) electrons. The van der Waals surface area contributed by atoms with Crippen molar-refractivity contribution in [2.75, 3.05) is 6.61 Å². The SMILES string of the molecule is CC(C(=O)OCc1ccccc1)C1CCCO1. The highest BCUT2D eigenvalue weighted by molar-refractivity contribution is 5.72. The summed E-state index contributed by atoms with van der Waals surface area (Å²) < 4.78 is 10.8. The molecule has 1 saturated heterocycles. The van der Waals surface area contributed by atoms with Crippen molar-refractivity contribution in [3.05, 3.63) is 35.9 Å². The smallest absolute Gasteiger partial charge is 0.311 e. The molecule has 1 aliphatic rings. The molecule has 1 aliphatic heterocycles. The van der Waals surface area contributed by atoms with E-state index in [1.54, 1.807) is 0 Å². The molecule has 1 aromatic rings. The topological polar surface area (TPSA) is 35.5 Å². The Morgan fingerprint density at radius 2 is 2.24 bits per heavy atom. The second kappa shape index (κ2) is 5.82. The van der Waals surface area contributed by atoms with Crippen LogP contribution >= 0.6 is 0 Å². The number of hydrogen-bond acceptors (Lipinski definition) is 3. The van der Waals surface area contributed by atoms with Crippen LogP contribution in [-0.4, -0.2) is 18.7 Å².